The maximum Gasteiger partial charge on any atom is 0.251 e. The molecule has 32 heavy (non-hydrogen) atoms. The predicted octanol–water partition coefficient (Wildman–Crippen LogP) is 5.62. The van der Waals surface area contributed by atoms with E-state index in [9.17, 15) is 9.59 Å². The molecule has 3 aromatic carbocycles. The minimum atomic E-state index is -0.412. The van der Waals surface area contributed by atoms with Crippen LogP contribution in [0, 0.1) is 5.92 Å². The zero-order chi connectivity index (χ0) is 22.9. The summed E-state index contributed by atoms with van der Waals surface area (Å²) in [7, 11) is 0. The Morgan fingerprint density at radius 3 is 1.91 bits per heavy atom. The van der Waals surface area contributed by atoms with Crippen LogP contribution in [0.1, 0.15) is 66.3 Å². The molecular formula is C28H32N2O2. The Labute approximate surface area is 191 Å². The van der Waals surface area contributed by atoms with Crippen molar-refractivity contribution in [1.82, 2.24) is 10.6 Å². The molecule has 0 fully saturated rings. The van der Waals surface area contributed by atoms with Gasteiger partial charge in [-0.25, -0.2) is 0 Å². The first-order valence-corrected chi connectivity index (χ1v) is 11.2. The van der Waals surface area contributed by atoms with Crippen molar-refractivity contribution in [3.8, 4) is 0 Å². The van der Waals surface area contributed by atoms with E-state index >= 15 is 0 Å². The predicted molar refractivity (Wildman–Crippen MR) is 129 cm³/mol. The Morgan fingerprint density at radius 2 is 1.31 bits per heavy atom. The van der Waals surface area contributed by atoms with Crippen LogP contribution in [0.4, 0.5) is 0 Å². The van der Waals surface area contributed by atoms with Crippen molar-refractivity contribution < 1.29 is 9.59 Å². The van der Waals surface area contributed by atoms with Gasteiger partial charge in [0.1, 0.15) is 0 Å². The van der Waals surface area contributed by atoms with Gasteiger partial charge in [0, 0.05) is 5.56 Å². The third-order valence-electron chi connectivity index (χ3n) is 5.43. The summed E-state index contributed by atoms with van der Waals surface area (Å²) in [4.78, 5) is 25.6. The summed E-state index contributed by atoms with van der Waals surface area (Å²) in [5.41, 5.74) is 3.84. The van der Waals surface area contributed by atoms with Gasteiger partial charge in [-0.1, -0.05) is 86.6 Å². The molecule has 2 N–H and O–H groups in total. The van der Waals surface area contributed by atoms with Gasteiger partial charge in [-0.3, -0.25) is 9.59 Å². The van der Waals surface area contributed by atoms with Crippen LogP contribution < -0.4 is 10.6 Å². The summed E-state index contributed by atoms with van der Waals surface area (Å²) >= 11 is 0. The van der Waals surface area contributed by atoms with Crippen molar-refractivity contribution >= 4 is 11.8 Å². The fourth-order valence-electron chi connectivity index (χ4n) is 3.75. The third kappa shape index (κ3) is 6.81. The van der Waals surface area contributed by atoms with Crippen molar-refractivity contribution in [3.63, 3.8) is 0 Å². The Morgan fingerprint density at radius 1 is 0.719 bits per heavy atom. The molecule has 0 aliphatic heterocycles. The summed E-state index contributed by atoms with van der Waals surface area (Å²) in [6.07, 6.45) is 1.21. The van der Waals surface area contributed by atoms with Gasteiger partial charge in [0.25, 0.3) is 5.91 Å². The van der Waals surface area contributed by atoms with Crippen LogP contribution in [-0.4, -0.2) is 11.8 Å². The highest BCUT2D eigenvalue weighted by molar-refractivity contribution is 5.94. The molecule has 0 bridgehead atoms. The standard InChI is InChI=1S/C28H32N2O2/c1-20(2)18-22-14-16-23(17-15-22)21(3)29-27(31)19-26(24-10-6-4-7-11-24)30-28(32)25-12-8-5-9-13-25/h4-17,20-21,26H,18-19H2,1-3H3,(H,29,31)(H,30,32)/t21-,26+/m0/s1. The van der Waals surface area contributed by atoms with Crippen LogP contribution in [-0.2, 0) is 11.2 Å². The van der Waals surface area contributed by atoms with E-state index in [1.165, 1.54) is 5.56 Å². The van der Waals surface area contributed by atoms with Crippen LogP contribution in [0.5, 0.6) is 0 Å². The molecular weight excluding hydrogens is 396 g/mol. The second-order valence-electron chi connectivity index (χ2n) is 8.64. The Kier molecular flexibility index (Phi) is 8.20. The van der Waals surface area contributed by atoms with Crippen molar-refractivity contribution in [2.75, 3.05) is 0 Å². The Hall–Kier alpha value is -3.40. The molecule has 0 spiro atoms. The average molecular weight is 429 g/mol. The minimum Gasteiger partial charge on any atom is -0.350 e. The van der Waals surface area contributed by atoms with E-state index in [0.29, 0.717) is 11.5 Å². The molecule has 3 rings (SSSR count). The van der Waals surface area contributed by atoms with Gasteiger partial charge in [-0.15, -0.1) is 0 Å². The SMILES string of the molecule is CC(C)Cc1ccc([C@H](C)NC(=O)C[C@@H](NC(=O)c2ccccc2)c2ccccc2)cc1. The van der Waals surface area contributed by atoms with E-state index in [4.69, 9.17) is 0 Å². The molecule has 0 heterocycles. The highest BCUT2D eigenvalue weighted by Gasteiger charge is 2.20. The summed E-state index contributed by atoms with van der Waals surface area (Å²) in [6, 6.07) is 26.6. The number of carbonyl (C=O) groups excluding carboxylic acids is 2. The van der Waals surface area contributed by atoms with Gasteiger partial charge >= 0.3 is 0 Å². The Balaban J connectivity index is 1.66. The summed E-state index contributed by atoms with van der Waals surface area (Å²) < 4.78 is 0. The lowest BCUT2D eigenvalue weighted by molar-refractivity contribution is -0.122. The van der Waals surface area contributed by atoms with Crippen LogP contribution >= 0.6 is 0 Å². The van der Waals surface area contributed by atoms with Crippen LogP contribution in [0.2, 0.25) is 0 Å². The number of carbonyl (C=O) groups is 2. The molecule has 0 radical (unpaired) electrons. The molecule has 2 atom stereocenters. The molecule has 3 aromatic rings. The van der Waals surface area contributed by atoms with Gasteiger partial charge in [-0.2, -0.15) is 0 Å². The number of rotatable bonds is 9. The fourth-order valence-corrected chi connectivity index (χ4v) is 3.75. The largest absolute Gasteiger partial charge is 0.350 e. The molecule has 166 valence electrons. The quantitative estimate of drug-likeness (QED) is 0.464. The first-order valence-electron chi connectivity index (χ1n) is 11.2. The summed E-state index contributed by atoms with van der Waals surface area (Å²) in [5, 5.41) is 6.10. The minimum absolute atomic E-state index is 0.106. The van der Waals surface area contributed by atoms with Crippen molar-refractivity contribution in [3.05, 3.63) is 107 Å². The van der Waals surface area contributed by atoms with Gasteiger partial charge in [0.2, 0.25) is 5.91 Å². The molecule has 2 amide bonds. The van der Waals surface area contributed by atoms with E-state index < -0.39 is 6.04 Å². The first-order chi connectivity index (χ1) is 15.4. The molecule has 0 aliphatic carbocycles. The van der Waals surface area contributed by atoms with Gasteiger partial charge in [0.05, 0.1) is 18.5 Å². The zero-order valence-corrected chi connectivity index (χ0v) is 19.0. The van der Waals surface area contributed by atoms with Gasteiger partial charge < -0.3 is 10.6 Å². The van der Waals surface area contributed by atoms with Crippen molar-refractivity contribution in [2.45, 2.75) is 45.7 Å². The number of hydrogen-bond acceptors (Lipinski definition) is 2. The molecule has 0 saturated heterocycles. The smallest absolute Gasteiger partial charge is 0.251 e. The summed E-state index contributed by atoms with van der Waals surface area (Å²) in [6.45, 7) is 6.39. The van der Waals surface area contributed by atoms with Crippen LogP contribution in [0.3, 0.4) is 0 Å². The Bertz CT molecular complexity index is 999. The first kappa shape index (κ1) is 23.3. The molecule has 4 heteroatoms. The highest BCUT2D eigenvalue weighted by Crippen LogP contribution is 2.20. The number of benzene rings is 3. The maximum absolute atomic E-state index is 12.9. The normalized spacial score (nSPS) is 12.8. The second-order valence-corrected chi connectivity index (χ2v) is 8.64. The molecule has 0 aliphatic rings. The van der Waals surface area contributed by atoms with E-state index in [2.05, 4.69) is 48.7 Å². The monoisotopic (exact) mass is 428 g/mol. The van der Waals surface area contributed by atoms with Crippen LogP contribution in [0.15, 0.2) is 84.9 Å². The van der Waals surface area contributed by atoms with E-state index in [0.717, 1.165) is 17.5 Å². The van der Waals surface area contributed by atoms with E-state index in [1.807, 2.05) is 55.5 Å². The second kappa shape index (κ2) is 11.3. The van der Waals surface area contributed by atoms with Crippen molar-refractivity contribution in [2.24, 2.45) is 5.92 Å². The van der Waals surface area contributed by atoms with E-state index in [1.54, 1.807) is 12.1 Å². The van der Waals surface area contributed by atoms with Gasteiger partial charge in [0.15, 0.2) is 0 Å². The molecule has 0 unspecified atom stereocenters. The average Bonchev–Trinajstić information content (AvgIpc) is 2.79. The zero-order valence-electron chi connectivity index (χ0n) is 19.0. The van der Waals surface area contributed by atoms with Crippen molar-refractivity contribution in [1.29, 1.82) is 0 Å². The van der Waals surface area contributed by atoms with Gasteiger partial charge in [-0.05, 0) is 48.1 Å². The molecule has 0 saturated carbocycles. The number of amides is 2. The maximum atomic E-state index is 12.9. The molecule has 4 nitrogen and oxygen atoms in total. The third-order valence-corrected chi connectivity index (χ3v) is 5.43. The summed E-state index contributed by atoms with van der Waals surface area (Å²) in [5.74, 6) is 0.311. The lowest BCUT2D eigenvalue weighted by Gasteiger charge is -2.21. The molecule has 0 aromatic heterocycles. The lowest BCUT2D eigenvalue weighted by Crippen LogP contribution is -2.34. The fraction of sp³-hybridized carbons (Fsp3) is 0.286. The van der Waals surface area contributed by atoms with E-state index in [-0.39, 0.29) is 24.3 Å². The topological polar surface area (TPSA) is 58.2 Å². The number of hydrogen-bond donors (Lipinski definition) is 2. The highest BCUT2D eigenvalue weighted by atomic mass is 16.2. The number of nitrogens with one attached hydrogen (secondary N) is 2. The van der Waals surface area contributed by atoms with Crippen LogP contribution in [0.25, 0.3) is 0 Å². The lowest BCUT2D eigenvalue weighted by atomic mass is 9.99.